The minimum absolute atomic E-state index is 0.0413. The summed E-state index contributed by atoms with van der Waals surface area (Å²) < 4.78 is 10.5. The molecular formula is C23H27N3O4S. The topological polar surface area (TPSA) is 71.1 Å². The molecule has 2 aliphatic heterocycles. The zero-order chi connectivity index (χ0) is 21.8. The van der Waals surface area contributed by atoms with Crippen LogP contribution in [-0.2, 0) is 0 Å². The molecule has 2 aliphatic rings. The number of amides is 3. The van der Waals surface area contributed by atoms with Crippen LogP contribution < -0.4 is 14.8 Å². The highest BCUT2D eigenvalue weighted by Crippen LogP contribution is 2.44. The molecule has 2 fully saturated rings. The number of hydrogen-bond acceptors (Lipinski definition) is 5. The van der Waals surface area contributed by atoms with Crippen LogP contribution in [0.4, 0.5) is 10.5 Å². The number of ether oxygens (including phenoxy) is 2. The van der Waals surface area contributed by atoms with E-state index >= 15 is 0 Å². The maximum Gasteiger partial charge on any atom is 0.321 e. The van der Waals surface area contributed by atoms with E-state index in [1.165, 1.54) is 0 Å². The van der Waals surface area contributed by atoms with Gasteiger partial charge in [-0.2, -0.15) is 0 Å². The molecule has 2 saturated heterocycles. The Bertz CT molecular complexity index is 942. The van der Waals surface area contributed by atoms with E-state index < -0.39 is 0 Å². The first-order chi connectivity index (χ1) is 15.1. The standard InChI is InChI=1S/C23H27N3O4S/c1-29-18-9-7-17(8-10-18)21(27)26-15-16-31-23(26)11-13-25(14-12-23)22(28)24-19-5-3-4-6-20(19)30-2/h3-10H,11-16H2,1-2H3,(H,24,28). The van der Waals surface area contributed by atoms with Crippen LogP contribution in [0.15, 0.2) is 48.5 Å². The maximum absolute atomic E-state index is 13.2. The van der Waals surface area contributed by atoms with Crippen LogP contribution in [0.2, 0.25) is 0 Å². The molecule has 0 saturated carbocycles. The second-order valence-corrected chi connectivity index (χ2v) is 9.05. The fraction of sp³-hybridized carbons (Fsp3) is 0.391. The quantitative estimate of drug-likeness (QED) is 0.779. The summed E-state index contributed by atoms with van der Waals surface area (Å²) in [6.45, 7) is 1.92. The van der Waals surface area contributed by atoms with Crippen LogP contribution >= 0.6 is 11.8 Å². The minimum Gasteiger partial charge on any atom is -0.497 e. The normalized spacial score (nSPS) is 17.5. The van der Waals surface area contributed by atoms with Crippen LogP contribution in [0.1, 0.15) is 23.2 Å². The first kappa shape index (κ1) is 21.4. The highest BCUT2D eigenvalue weighted by Gasteiger charge is 2.47. The molecule has 2 heterocycles. The first-order valence-corrected chi connectivity index (χ1v) is 11.3. The third kappa shape index (κ3) is 4.30. The lowest BCUT2D eigenvalue weighted by atomic mass is 10.0. The number of methoxy groups -OCH3 is 2. The van der Waals surface area contributed by atoms with E-state index in [9.17, 15) is 9.59 Å². The van der Waals surface area contributed by atoms with Crippen molar-refractivity contribution in [3.63, 3.8) is 0 Å². The van der Waals surface area contributed by atoms with Gasteiger partial charge in [0.1, 0.15) is 11.5 Å². The summed E-state index contributed by atoms with van der Waals surface area (Å²) in [6.07, 6.45) is 1.50. The van der Waals surface area contributed by atoms with Crippen molar-refractivity contribution in [2.75, 3.05) is 44.9 Å². The molecule has 31 heavy (non-hydrogen) atoms. The molecule has 7 nitrogen and oxygen atoms in total. The van der Waals surface area contributed by atoms with Gasteiger partial charge in [0.15, 0.2) is 0 Å². The van der Waals surface area contributed by atoms with Crippen LogP contribution in [0.5, 0.6) is 11.5 Å². The molecule has 0 radical (unpaired) electrons. The molecule has 0 unspecified atom stereocenters. The average Bonchev–Trinajstić information content (AvgIpc) is 3.22. The number of nitrogens with one attached hydrogen (secondary N) is 1. The number of hydrogen-bond donors (Lipinski definition) is 1. The maximum atomic E-state index is 13.2. The summed E-state index contributed by atoms with van der Waals surface area (Å²) in [5.74, 6) is 2.32. The van der Waals surface area contributed by atoms with E-state index in [-0.39, 0.29) is 16.8 Å². The van der Waals surface area contributed by atoms with Gasteiger partial charge < -0.3 is 24.6 Å². The number of rotatable bonds is 4. The van der Waals surface area contributed by atoms with E-state index in [2.05, 4.69) is 5.32 Å². The van der Waals surface area contributed by atoms with Crippen molar-refractivity contribution in [2.24, 2.45) is 0 Å². The van der Waals surface area contributed by atoms with Crippen LogP contribution in [0, 0.1) is 0 Å². The van der Waals surface area contributed by atoms with Gasteiger partial charge in [0.05, 0.1) is 24.8 Å². The molecule has 164 valence electrons. The molecular weight excluding hydrogens is 414 g/mol. The predicted octanol–water partition coefficient (Wildman–Crippen LogP) is 3.92. The molecule has 2 aromatic carbocycles. The zero-order valence-corrected chi connectivity index (χ0v) is 18.6. The molecule has 0 aromatic heterocycles. The highest BCUT2D eigenvalue weighted by molar-refractivity contribution is 8.00. The predicted molar refractivity (Wildman–Crippen MR) is 122 cm³/mol. The summed E-state index contributed by atoms with van der Waals surface area (Å²) in [4.78, 5) is 29.6. The van der Waals surface area contributed by atoms with Crippen molar-refractivity contribution in [1.82, 2.24) is 9.80 Å². The van der Waals surface area contributed by atoms with Gasteiger partial charge in [-0.05, 0) is 49.2 Å². The van der Waals surface area contributed by atoms with Gasteiger partial charge in [-0.25, -0.2) is 4.79 Å². The molecule has 0 bridgehead atoms. The zero-order valence-electron chi connectivity index (χ0n) is 17.8. The molecule has 0 atom stereocenters. The summed E-state index contributed by atoms with van der Waals surface area (Å²) in [5, 5.41) is 2.94. The summed E-state index contributed by atoms with van der Waals surface area (Å²) in [5.41, 5.74) is 1.32. The number of piperidine rings is 1. The number of thioether (sulfide) groups is 1. The van der Waals surface area contributed by atoms with Crippen molar-refractivity contribution >= 4 is 29.4 Å². The van der Waals surface area contributed by atoms with Crippen molar-refractivity contribution in [2.45, 2.75) is 17.7 Å². The second-order valence-electron chi connectivity index (χ2n) is 7.60. The number of carbonyl (C=O) groups is 2. The monoisotopic (exact) mass is 441 g/mol. The van der Waals surface area contributed by atoms with Gasteiger partial charge in [0, 0.05) is 31.0 Å². The Labute approximate surface area is 186 Å². The smallest absolute Gasteiger partial charge is 0.321 e. The van der Waals surface area contributed by atoms with Crippen molar-refractivity contribution < 1.29 is 19.1 Å². The van der Waals surface area contributed by atoms with Gasteiger partial charge in [-0.3, -0.25) is 4.79 Å². The van der Waals surface area contributed by atoms with E-state index in [4.69, 9.17) is 9.47 Å². The van der Waals surface area contributed by atoms with Crippen LogP contribution in [0.25, 0.3) is 0 Å². The molecule has 0 aliphatic carbocycles. The molecule has 2 aromatic rings. The van der Waals surface area contributed by atoms with Crippen molar-refractivity contribution in [3.05, 3.63) is 54.1 Å². The summed E-state index contributed by atoms with van der Waals surface area (Å²) in [7, 11) is 3.20. The number of urea groups is 1. The van der Waals surface area contributed by atoms with Gasteiger partial charge in [-0.1, -0.05) is 12.1 Å². The summed E-state index contributed by atoms with van der Waals surface area (Å²) in [6, 6.07) is 14.5. The molecule has 4 rings (SSSR count). The molecule has 1 spiro atoms. The van der Waals surface area contributed by atoms with Crippen molar-refractivity contribution in [1.29, 1.82) is 0 Å². The minimum atomic E-state index is -0.252. The van der Waals surface area contributed by atoms with Crippen molar-refractivity contribution in [3.8, 4) is 11.5 Å². The van der Waals surface area contributed by atoms with Crippen LogP contribution in [-0.4, -0.2) is 66.2 Å². The third-order valence-corrected chi connectivity index (χ3v) is 7.49. The van der Waals surface area contributed by atoms with Gasteiger partial charge in [0.25, 0.3) is 5.91 Å². The lowest BCUT2D eigenvalue weighted by Crippen LogP contribution is -2.54. The highest BCUT2D eigenvalue weighted by atomic mass is 32.2. The fourth-order valence-corrected chi connectivity index (χ4v) is 5.66. The van der Waals surface area contributed by atoms with E-state index in [0.29, 0.717) is 30.1 Å². The fourth-order valence-electron chi connectivity index (χ4n) is 4.20. The first-order valence-electron chi connectivity index (χ1n) is 10.4. The molecule has 8 heteroatoms. The lowest BCUT2D eigenvalue weighted by molar-refractivity contribution is 0.0585. The number of likely N-dealkylation sites (tertiary alicyclic amines) is 1. The SMILES string of the molecule is COc1ccc(C(=O)N2CCSC23CCN(C(=O)Nc2ccccc2OC)CC3)cc1. The van der Waals surface area contributed by atoms with E-state index in [1.807, 2.05) is 70.1 Å². The number of carbonyl (C=O) groups excluding carboxylic acids is 2. The number of nitrogens with zero attached hydrogens (tertiary/aromatic N) is 2. The number of anilines is 1. The third-order valence-electron chi connectivity index (χ3n) is 5.94. The summed E-state index contributed by atoms with van der Waals surface area (Å²) >= 11 is 1.83. The Morgan fingerprint density at radius 2 is 1.68 bits per heavy atom. The number of benzene rings is 2. The van der Waals surface area contributed by atoms with Gasteiger partial charge in [0.2, 0.25) is 0 Å². The Balaban J connectivity index is 1.41. The van der Waals surface area contributed by atoms with E-state index in [1.54, 1.807) is 14.2 Å². The Hall–Kier alpha value is -2.87. The second kappa shape index (κ2) is 9.09. The molecule has 1 N–H and O–H groups in total. The number of para-hydroxylation sites is 2. The molecule has 3 amide bonds. The van der Waals surface area contributed by atoms with Gasteiger partial charge >= 0.3 is 6.03 Å². The largest absolute Gasteiger partial charge is 0.497 e. The Morgan fingerprint density at radius 3 is 2.35 bits per heavy atom. The van der Waals surface area contributed by atoms with Gasteiger partial charge in [-0.15, -0.1) is 11.8 Å². The average molecular weight is 442 g/mol. The van der Waals surface area contributed by atoms with E-state index in [0.717, 1.165) is 30.9 Å². The Morgan fingerprint density at radius 1 is 0.968 bits per heavy atom. The Kier molecular flexibility index (Phi) is 6.27. The van der Waals surface area contributed by atoms with Crippen LogP contribution in [0.3, 0.4) is 0 Å². The lowest BCUT2D eigenvalue weighted by Gasteiger charge is -2.44.